The van der Waals surface area contributed by atoms with E-state index in [0.29, 0.717) is 11.1 Å². The minimum absolute atomic E-state index is 0.141. The lowest BCUT2D eigenvalue weighted by atomic mass is 10.1. The van der Waals surface area contributed by atoms with Crippen LogP contribution in [0.3, 0.4) is 0 Å². The molecule has 0 aliphatic heterocycles. The SMILES string of the molecule is Cc1ccccc1C#Cc1ccc(CCS(=O)C#N)c(F)c1. The van der Waals surface area contributed by atoms with Gasteiger partial charge in [-0.05, 0) is 42.7 Å². The lowest BCUT2D eigenvalue weighted by Crippen LogP contribution is -2.00. The van der Waals surface area contributed by atoms with Crippen LogP contribution in [0.5, 0.6) is 0 Å². The molecule has 0 heterocycles. The highest BCUT2D eigenvalue weighted by molar-refractivity contribution is 7.89. The Morgan fingerprint density at radius 2 is 1.95 bits per heavy atom. The third kappa shape index (κ3) is 4.28. The Bertz CT molecular complexity index is 812. The largest absolute Gasteiger partial charge is 0.244 e. The molecule has 0 spiro atoms. The maximum Gasteiger partial charge on any atom is 0.165 e. The normalized spacial score (nSPS) is 11.1. The molecule has 0 saturated carbocycles. The van der Waals surface area contributed by atoms with E-state index in [0.717, 1.165) is 11.1 Å². The van der Waals surface area contributed by atoms with Crippen molar-refractivity contribution in [3.05, 3.63) is 70.5 Å². The van der Waals surface area contributed by atoms with Crippen molar-refractivity contribution >= 4 is 10.8 Å². The molecular weight excluding hydrogens is 297 g/mol. The summed E-state index contributed by atoms with van der Waals surface area (Å²) in [5.41, 5.74) is 3.03. The summed E-state index contributed by atoms with van der Waals surface area (Å²) in [7, 11) is -1.56. The van der Waals surface area contributed by atoms with Crippen LogP contribution < -0.4 is 0 Å². The van der Waals surface area contributed by atoms with Gasteiger partial charge in [0.25, 0.3) is 0 Å². The molecule has 2 aromatic carbocycles. The Morgan fingerprint density at radius 3 is 2.64 bits per heavy atom. The van der Waals surface area contributed by atoms with Crippen LogP contribution in [0.25, 0.3) is 0 Å². The lowest BCUT2D eigenvalue weighted by Gasteiger charge is -2.01. The van der Waals surface area contributed by atoms with E-state index >= 15 is 0 Å². The Kier molecular flexibility index (Phi) is 5.47. The van der Waals surface area contributed by atoms with E-state index in [4.69, 9.17) is 5.26 Å². The van der Waals surface area contributed by atoms with Gasteiger partial charge in [0.2, 0.25) is 0 Å². The molecule has 110 valence electrons. The first kappa shape index (κ1) is 15.9. The van der Waals surface area contributed by atoms with Crippen molar-refractivity contribution < 1.29 is 8.60 Å². The molecule has 0 fully saturated rings. The van der Waals surface area contributed by atoms with E-state index in [2.05, 4.69) is 11.8 Å². The maximum atomic E-state index is 14.0. The van der Waals surface area contributed by atoms with E-state index in [9.17, 15) is 8.60 Å². The number of hydrogen-bond donors (Lipinski definition) is 0. The van der Waals surface area contributed by atoms with Crippen molar-refractivity contribution in [2.75, 3.05) is 5.75 Å². The monoisotopic (exact) mass is 311 g/mol. The highest BCUT2D eigenvalue weighted by Gasteiger charge is 2.05. The quantitative estimate of drug-likeness (QED) is 0.644. The fourth-order valence-electron chi connectivity index (χ4n) is 1.93. The van der Waals surface area contributed by atoms with Gasteiger partial charge in [-0.3, -0.25) is 0 Å². The third-order valence-corrected chi connectivity index (χ3v) is 3.98. The number of thiocyanates is 1. The van der Waals surface area contributed by atoms with Gasteiger partial charge < -0.3 is 0 Å². The molecule has 0 aliphatic carbocycles. The summed E-state index contributed by atoms with van der Waals surface area (Å²) < 4.78 is 25.0. The number of aryl methyl sites for hydroxylation is 2. The van der Waals surface area contributed by atoms with Crippen molar-refractivity contribution in [1.82, 2.24) is 0 Å². The molecule has 2 aromatic rings. The van der Waals surface area contributed by atoms with Crippen molar-refractivity contribution in [3.63, 3.8) is 0 Å². The van der Waals surface area contributed by atoms with Gasteiger partial charge in [0, 0.05) is 16.9 Å². The van der Waals surface area contributed by atoms with Gasteiger partial charge in [-0.2, -0.15) is 5.26 Å². The smallest absolute Gasteiger partial charge is 0.165 e. The molecule has 0 amide bonds. The predicted molar refractivity (Wildman–Crippen MR) is 85.9 cm³/mol. The Labute approximate surface area is 132 Å². The average Bonchev–Trinajstić information content (AvgIpc) is 2.53. The van der Waals surface area contributed by atoms with E-state index in [1.807, 2.05) is 31.2 Å². The molecule has 0 aromatic heterocycles. The van der Waals surface area contributed by atoms with Gasteiger partial charge in [-0.15, -0.1) is 0 Å². The highest BCUT2D eigenvalue weighted by Crippen LogP contribution is 2.12. The zero-order valence-corrected chi connectivity index (χ0v) is 12.9. The van der Waals surface area contributed by atoms with Crippen LogP contribution in [0.2, 0.25) is 0 Å². The van der Waals surface area contributed by atoms with Crippen molar-refractivity contribution in [2.24, 2.45) is 0 Å². The number of benzene rings is 2. The number of nitrogens with zero attached hydrogens (tertiary/aromatic N) is 1. The van der Waals surface area contributed by atoms with Crippen molar-refractivity contribution in [1.29, 1.82) is 5.26 Å². The minimum Gasteiger partial charge on any atom is -0.244 e. The first-order valence-corrected chi connectivity index (χ1v) is 8.06. The molecule has 0 saturated heterocycles. The molecule has 0 aliphatic rings. The van der Waals surface area contributed by atoms with Gasteiger partial charge in [0.1, 0.15) is 16.6 Å². The van der Waals surface area contributed by atoms with E-state index < -0.39 is 10.8 Å². The molecule has 1 atom stereocenters. The standard InChI is InChI=1S/C18H14FNOS/c1-14-4-2-3-5-16(14)8-6-15-7-9-17(18(19)12-15)10-11-22(21)13-20/h2-5,7,9,12H,10-11H2,1H3. The molecule has 22 heavy (non-hydrogen) atoms. The molecule has 0 N–H and O–H groups in total. The summed E-state index contributed by atoms with van der Waals surface area (Å²) in [5, 5.41) is 10.1. The van der Waals surface area contributed by atoms with Gasteiger partial charge in [0.05, 0.1) is 0 Å². The van der Waals surface area contributed by atoms with Gasteiger partial charge in [0.15, 0.2) is 5.40 Å². The van der Waals surface area contributed by atoms with Crippen LogP contribution in [-0.4, -0.2) is 9.96 Å². The highest BCUT2D eigenvalue weighted by atomic mass is 32.2. The Hall–Kier alpha value is -2.43. The van der Waals surface area contributed by atoms with Crippen LogP contribution in [0, 0.1) is 35.2 Å². The van der Waals surface area contributed by atoms with Gasteiger partial charge in [-0.25, -0.2) is 8.60 Å². The Morgan fingerprint density at radius 1 is 1.18 bits per heavy atom. The van der Waals surface area contributed by atoms with Crippen LogP contribution >= 0.6 is 0 Å². The summed E-state index contributed by atoms with van der Waals surface area (Å²) in [4.78, 5) is 0. The molecule has 0 bridgehead atoms. The summed E-state index contributed by atoms with van der Waals surface area (Å²) in [6.07, 6.45) is 0.275. The lowest BCUT2D eigenvalue weighted by molar-refractivity contribution is 0.611. The number of rotatable bonds is 3. The number of nitriles is 1. The molecule has 1 unspecified atom stereocenters. The maximum absolute atomic E-state index is 14.0. The molecule has 0 radical (unpaired) electrons. The van der Waals surface area contributed by atoms with Crippen molar-refractivity contribution in [3.8, 4) is 17.2 Å². The molecule has 4 heteroatoms. The summed E-state index contributed by atoms with van der Waals surface area (Å²) in [6, 6.07) is 12.5. The first-order valence-electron chi connectivity index (χ1n) is 6.74. The second-order valence-corrected chi connectivity index (χ2v) is 6.04. The van der Waals surface area contributed by atoms with E-state index in [1.165, 1.54) is 6.07 Å². The van der Waals surface area contributed by atoms with Gasteiger partial charge >= 0.3 is 0 Å². The first-order chi connectivity index (χ1) is 10.6. The van der Waals surface area contributed by atoms with Crippen LogP contribution in [0.1, 0.15) is 22.3 Å². The zero-order valence-electron chi connectivity index (χ0n) is 12.1. The van der Waals surface area contributed by atoms with Crippen LogP contribution in [-0.2, 0) is 17.2 Å². The zero-order chi connectivity index (χ0) is 15.9. The third-order valence-electron chi connectivity index (χ3n) is 3.20. The Balaban J connectivity index is 2.15. The van der Waals surface area contributed by atoms with Crippen LogP contribution in [0.4, 0.5) is 4.39 Å². The van der Waals surface area contributed by atoms with E-state index in [-0.39, 0.29) is 18.0 Å². The van der Waals surface area contributed by atoms with Crippen LogP contribution in [0.15, 0.2) is 42.5 Å². The number of halogens is 1. The average molecular weight is 311 g/mol. The fourth-order valence-corrected chi connectivity index (χ4v) is 2.43. The second kappa shape index (κ2) is 7.54. The summed E-state index contributed by atoms with van der Waals surface area (Å²) in [5.74, 6) is 5.73. The summed E-state index contributed by atoms with van der Waals surface area (Å²) in [6.45, 7) is 1.98. The van der Waals surface area contributed by atoms with Gasteiger partial charge in [-0.1, -0.05) is 36.1 Å². The van der Waals surface area contributed by atoms with E-state index in [1.54, 1.807) is 17.5 Å². The molecular formula is C18H14FNOS. The topological polar surface area (TPSA) is 40.9 Å². The fraction of sp³-hybridized carbons (Fsp3) is 0.167. The second-order valence-electron chi connectivity index (χ2n) is 4.76. The predicted octanol–water partition coefficient (Wildman–Crippen LogP) is 3.31. The number of hydrogen-bond acceptors (Lipinski definition) is 2. The van der Waals surface area contributed by atoms with Crippen molar-refractivity contribution in [2.45, 2.75) is 13.3 Å². The summed E-state index contributed by atoms with van der Waals surface area (Å²) >= 11 is 0. The molecule has 2 rings (SSSR count). The molecule has 2 nitrogen and oxygen atoms in total. The minimum atomic E-state index is -1.56.